The molecule has 2 aliphatic rings. The second-order valence-corrected chi connectivity index (χ2v) is 9.58. The zero-order valence-corrected chi connectivity index (χ0v) is 15.2. The summed E-state index contributed by atoms with van der Waals surface area (Å²) in [5.74, 6) is -2.22. The number of fused-ring (bicyclic) bond motifs is 1. The van der Waals surface area contributed by atoms with Gasteiger partial charge in [0.25, 0.3) is 11.4 Å². The van der Waals surface area contributed by atoms with Crippen molar-refractivity contribution < 1.29 is 32.2 Å². The Labute approximate surface area is 152 Å². The maximum atomic E-state index is 12.8. The second-order valence-electron chi connectivity index (χ2n) is 6.26. The lowest BCUT2D eigenvalue weighted by atomic mass is 9.94. The molecule has 0 radical (unpaired) electrons. The first-order valence-corrected chi connectivity index (χ1v) is 9.65. The summed E-state index contributed by atoms with van der Waals surface area (Å²) in [6.45, 7) is 2.90. The van der Waals surface area contributed by atoms with Gasteiger partial charge in [-0.3, -0.25) is 19.8 Å². The number of β-lactam (4-membered cyclic amide) rings is 1. The first kappa shape index (κ1) is 18.6. The van der Waals surface area contributed by atoms with Gasteiger partial charge in [-0.15, -0.1) is 11.8 Å². The van der Waals surface area contributed by atoms with Crippen LogP contribution in [0.15, 0.2) is 29.2 Å². The number of carbonyl (C=O) groups is 2. The zero-order valence-electron chi connectivity index (χ0n) is 13.6. The molecular weight excluding hydrogens is 388 g/mol. The molecule has 2 atom stereocenters. The van der Waals surface area contributed by atoms with E-state index in [0.717, 1.165) is 28.8 Å². The number of hydrogen-bond acceptors (Lipinski definition) is 8. The van der Waals surface area contributed by atoms with E-state index in [-0.39, 0.29) is 6.42 Å². The summed E-state index contributed by atoms with van der Waals surface area (Å²) in [4.78, 5) is 34.4. The van der Waals surface area contributed by atoms with E-state index in [0.29, 0.717) is 0 Å². The molecule has 2 heterocycles. The van der Waals surface area contributed by atoms with Gasteiger partial charge in [0.15, 0.2) is 4.90 Å². The molecule has 1 aromatic carbocycles. The first-order valence-electron chi connectivity index (χ1n) is 7.36. The van der Waals surface area contributed by atoms with E-state index >= 15 is 0 Å². The fourth-order valence-electron chi connectivity index (χ4n) is 3.13. The van der Waals surface area contributed by atoms with Crippen molar-refractivity contribution in [3.05, 3.63) is 34.4 Å². The van der Waals surface area contributed by atoms with Gasteiger partial charge < -0.3 is 5.11 Å². The van der Waals surface area contributed by atoms with Crippen LogP contribution < -0.4 is 0 Å². The molecule has 0 aromatic heterocycles. The Bertz CT molecular complexity index is 929. The lowest BCUT2D eigenvalue weighted by Crippen LogP contribution is -2.68. The Balaban J connectivity index is 2.14. The lowest BCUT2D eigenvalue weighted by molar-refractivity contribution is -0.388. The fraction of sp³-hybridized carbons (Fsp3) is 0.429. The van der Waals surface area contributed by atoms with Crippen molar-refractivity contribution in [1.29, 1.82) is 0 Å². The Kier molecular flexibility index (Phi) is 4.05. The Morgan fingerprint density at radius 2 is 2.04 bits per heavy atom. The molecule has 26 heavy (non-hydrogen) atoms. The molecule has 2 saturated heterocycles. The fourth-order valence-corrected chi connectivity index (χ4v) is 6.26. The number of nitrogens with zero attached hydrogens (tertiary/aromatic N) is 2. The van der Waals surface area contributed by atoms with Crippen LogP contribution in [-0.2, 0) is 23.9 Å². The number of thioether (sulfide) groups is 1. The lowest BCUT2D eigenvalue weighted by Gasteiger charge is -2.44. The average Bonchev–Trinajstić information content (AvgIpc) is 2.70. The minimum absolute atomic E-state index is 0.0675. The number of amides is 1. The molecular formula is C14H14N2O8S2. The molecule has 0 spiro atoms. The van der Waals surface area contributed by atoms with Crippen LogP contribution in [0.3, 0.4) is 0 Å². The van der Waals surface area contributed by atoms with Gasteiger partial charge in [0.05, 0.1) is 21.5 Å². The number of hydrogen-bond donors (Lipinski definition) is 1. The van der Waals surface area contributed by atoms with E-state index < -0.39 is 53.3 Å². The molecule has 1 N–H and O–H groups in total. The third-order valence-corrected chi connectivity index (χ3v) is 7.20. The quantitative estimate of drug-likeness (QED) is 0.332. The van der Waals surface area contributed by atoms with Crippen LogP contribution in [0.25, 0.3) is 0 Å². The molecule has 12 heteroatoms. The summed E-state index contributed by atoms with van der Waals surface area (Å²) >= 11 is 1.10. The van der Waals surface area contributed by atoms with Crippen LogP contribution in [0.2, 0.25) is 0 Å². The van der Waals surface area contributed by atoms with Crippen LogP contribution in [0, 0.1) is 10.1 Å². The van der Waals surface area contributed by atoms with Crippen LogP contribution in [0.1, 0.15) is 20.3 Å². The highest BCUT2D eigenvalue weighted by atomic mass is 32.2. The Morgan fingerprint density at radius 3 is 2.58 bits per heavy atom. The van der Waals surface area contributed by atoms with Gasteiger partial charge in [0.1, 0.15) is 0 Å². The molecule has 140 valence electrons. The molecule has 0 bridgehead atoms. The van der Waals surface area contributed by atoms with Crippen LogP contribution in [-0.4, -0.2) is 51.1 Å². The highest BCUT2D eigenvalue weighted by Crippen LogP contribution is 2.58. The number of benzene rings is 1. The number of carbonyl (C=O) groups excluding carboxylic acids is 1. The van der Waals surface area contributed by atoms with Crippen molar-refractivity contribution in [2.45, 2.75) is 41.0 Å². The van der Waals surface area contributed by atoms with E-state index in [2.05, 4.69) is 0 Å². The monoisotopic (exact) mass is 402 g/mol. The highest BCUT2D eigenvalue weighted by molar-refractivity contribution is 8.01. The topological polar surface area (TPSA) is 144 Å². The van der Waals surface area contributed by atoms with Crippen molar-refractivity contribution in [2.24, 2.45) is 0 Å². The normalized spacial score (nSPS) is 26.9. The second kappa shape index (κ2) is 5.66. The third kappa shape index (κ3) is 2.40. The van der Waals surface area contributed by atoms with E-state index in [1.165, 1.54) is 26.0 Å². The van der Waals surface area contributed by atoms with Gasteiger partial charge in [-0.2, -0.15) is 8.42 Å². The standard InChI is InChI=1S/C14H14N2O8S2/c1-13(2)14(12(18)19,15-10(17)7-11(15)25-13)24-26(22,23)9-6-4-3-5-8(9)16(20)21/h3-6,11H,7H2,1-2H3,(H,18,19)/t11-,14-/m1/s1. The average molecular weight is 402 g/mol. The van der Waals surface area contributed by atoms with Gasteiger partial charge in [-0.05, 0) is 19.9 Å². The summed E-state index contributed by atoms with van der Waals surface area (Å²) in [5, 5.41) is 20.4. The first-order chi connectivity index (χ1) is 11.9. The van der Waals surface area contributed by atoms with Gasteiger partial charge in [-0.25, -0.2) is 8.98 Å². The molecule has 0 saturated carbocycles. The maximum Gasteiger partial charge on any atom is 0.360 e. The summed E-state index contributed by atoms with van der Waals surface area (Å²) in [6.07, 6.45) is 0.0675. The summed E-state index contributed by atoms with van der Waals surface area (Å²) in [6, 6.07) is 4.45. The Morgan fingerprint density at radius 1 is 1.42 bits per heavy atom. The van der Waals surface area contributed by atoms with Crippen LogP contribution >= 0.6 is 11.8 Å². The molecule has 1 aromatic rings. The smallest absolute Gasteiger partial charge is 0.360 e. The number of aliphatic carboxylic acids is 1. The molecule has 10 nitrogen and oxygen atoms in total. The van der Waals surface area contributed by atoms with Gasteiger partial charge >= 0.3 is 16.1 Å². The van der Waals surface area contributed by atoms with Gasteiger partial charge in [-0.1, -0.05) is 12.1 Å². The summed E-state index contributed by atoms with van der Waals surface area (Å²) in [7, 11) is -4.87. The number of rotatable bonds is 5. The molecule has 2 fully saturated rings. The molecule has 1 amide bonds. The molecule has 0 aliphatic carbocycles. The minimum atomic E-state index is -4.87. The van der Waals surface area contributed by atoms with Crippen molar-refractivity contribution in [3.8, 4) is 0 Å². The largest absolute Gasteiger partial charge is 0.478 e. The minimum Gasteiger partial charge on any atom is -0.478 e. The van der Waals surface area contributed by atoms with Crippen molar-refractivity contribution in [1.82, 2.24) is 4.90 Å². The zero-order chi connectivity index (χ0) is 19.5. The number of nitro benzene ring substituents is 1. The van der Waals surface area contributed by atoms with Crippen LogP contribution in [0.5, 0.6) is 0 Å². The van der Waals surface area contributed by atoms with E-state index in [1.807, 2.05) is 0 Å². The van der Waals surface area contributed by atoms with Gasteiger partial charge in [0, 0.05) is 6.07 Å². The molecule has 3 rings (SSSR count). The van der Waals surface area contributed by atoms with Crippen molar-refractivity contribution in [2.75, 3.05) is 0 Å². The van der Waals surface area contributed by atoms with Crippen molar-refractivity contribution in [3.63, 3.8) is 0 Å². The maximum absolute atomic E-state index is 12.8. The number of carboxylic acids is 1. The van der Waals surface area contributed by atoms with Crippen LogP contribution in [0.4, 0.5) is 5.69 Å². The van der Waals surface area contributed by atoms with Crippen molar-refractivity contribution >= 4 is 39.4 Å². The highest BCUT2D eigenvalue weighted by Gasteiger charge is 2.72. The third-order valence-electron chi connectivity index (χ3n) is 4.34. The van der Waals surface area contributed by atoms with E-state index in [1.54, 1.807) is 0 Å². The van der Waals surface area contributed by atoms with E-state index in [4.69, 9.17) is 4.18 Å². The number of nitro groups is 1. The number of para-hydroxylation sites is 1. The SMILES string of the molecule is CC1(C)S[C@@H]2CC(=O)N2[C@@]1(OS(=O)(=O)c1ccccc1[N+](=O)[O-])C(=O)O. The Hall–Kier alpha value is -2.18. The summed E-state index contributed by atoms with van der Waals surface area (Å²) in [5.41, 5.74) is -3.25. The summed E-state index contributed by atoms with van der Waals surface area (Å²) < 4.78 is 29.3. The van der Waals surface area contributed by atoms with Gasteiger partial charge in [0.2, 0.25) is 5.91 Å². The molecule has 0 unspecified atom stereocenters. The molecule has 2 aliphatic heterocycles. The number of carboxylic acid groups (broad SMARTS) is 1. The van der Waals surface area contributed by atoms with E-state index in [9.17, 15) is 33.2 Å². The predicted octanol–water partition coefficient (Wildman–Crippen LogP) is 1.16. The predicted molar refractivity (Wildman–Crippen MR) is 88.7 cm³/mol.